The van der Waals surface area contributed by atoms with Crippen LogP contribution < -0.4 is 5.32 Å². The van der Waals surface area contributed by atoms with Gasteiger partial charge in [0.2, 0.25) is 0 Å². The Kier molecular flexibility index (Phi) is 6.22. The number of hydrogen-bond acceptors (Lipinski definition) is 3. The van der Waals surface area contributed by atoms with Gasteiger partial charge in [-0.25, -0.2) is 0 Å². The normalized spacial score (nSPS) is 16.4. The fraction of sp³-hybridized carbons (Fsp3) is 0.318. The average molecular weight is 452 g/mol. The van der Waals surface area contributed by atoms with Crippen molar-refractivity contribution in [2.45, 2.75) is 12.2 Å². The molecule has 1 aliphatic heterocycles. The van der Waals surface area contributed by atoms with Gasteiger partial charge in [-0.1, -0.05) is 41.9 Å². The van der Waals surface area contributed by atoms with Crippen LogP contribution in [0.3, 0.4) is 0 Å². The fourth-order valence-electron chi connectivity index (χ4n) is 3.78. The summed E-state index contributed by atoms with van der Waals surface area (Å²) in [6.07, 6.45) is -4.40. The number of para-hydroxylation sites is 1. The number of hydrogen-bond donors (Lipinski definition) is 2. The molecule has 2 N–H and O–H groups in total. The molecule has 1 aliphatic rings. The van der Waals surface area contributed by atoms with Crippen molar-refractivity contribution in [3.05, 3.63) is 70.4 Å². The maximum absolute atomic E-state index is 12.9. The number of morpholine rings is 1. The molecule has 1 unspecified atom stereocenters. The second-order valence-corrected chi connectivity index (χ2v) is 7.73. The van der Waals surface area contributed by atoms with Crippen LogP contribution in [0.2, 0.25) is 5.02 Å². The number of carbonyl (C=O) groups excluding carboxylic acids is 1. The van der Waals surface area contributed by atoms with Crippen LogP contribution in [0.25, 0.3) is 10.9 Å². The van der Waals surface area contributed by atoms with E-state index in [1.54, 1.807) is 0 Å². The van der Waals surface area contributed by atoms with Gasteiger partial charge in [0.15, 0.2) is 0 Å². The number of nitrogens with one attached hydrogen (secondary N) is 2. The molecule has 0 aliphatic carbocycles. The predicted molar refractivity (Wildman–Crippen MR) is 112 cm³/mol. The Labute approximate surface area is 182 Å². The highest BCUT2D eigenvalue weighted by atomic mass is 35.5. The zero-order valence-electron chi connectivity index (χ0n) is 16.5. The van der Waals surface area contributed by atoms with Crippen LogP contribution in [0.4, 0.5) is 13.2 Å². The molecule has 1 saturated heterocycles. The van der Waals surface area contributed by atoms with Crippen molar-refractivity contribution in [2.75, 3.05) is 32.8 Å². The lowest BCUT2D eigenvalue weighted by Gasteiger charge is -2.35. The van der Waals surface area contributed by atoms with E-state index in [9.17, 15) is 18.0 Å². The summed E-state index contributed by atoms with van der Waals surface area (Å²) < 4.78 is 44.2. The first kappa shape index (κ1) is 21.7. The molecule has 1 aromatic heterocycles. The van der Waals surface area contributed by atoms with Gasteiger partial charge in [-0.15, -0.1) is 0 Å². The molecule has 9 heteroatoms. The van der Waals surface area contributed by atoms with Crippen molar-refractivity contribution >= 4 is 28.4 Å². The summed E-state index contributed by atoms with van der Waals surface area (Å²) in [5.74, 6) is -0.369. The molecular formula is C22H21ClF3N3O2. The molecule has 0 spiro atoms. The van der Waals surface area contributed by atoms with E-state index in [2.05, 4.69) is 15.2 Å². The van der Waals surface area contributed by atoms with Crippen molar-refractivity contribution in [3.8, 4) is 0 Å². The van der Waals surface area contributed by atoms with Crippen molar-refractivity contribution < 1.29 is 22.7 Å². The minimum Gasteiger partial charge on any atom is -0.379 e. The Morgan fingerprint density at radius 2 is 1.81 bits per heavy atom. The lowest BCUT2D eigenvalue weighted by molar-refractivity contribution is -0.137. The molecule has 1 amide bonds. The zero-order valence-corrected chi connectivity index (χ0v) is 17.3. The van der Waals surface area contributed by atoms with Gasteiger partial charge in [-0.05, 0) is 23.8 Å². The smallest absolute Gasteiger partial charge is 0.379 e. The Morgan fingerprint density at radius 3 is 2.45 bits per heavy atom. The lowest BCUT2D eigenvalue weighted by atomic mass is 10.0. The first-order chi connectivity index (χ1) is 14.8. The molecule has 1 fully saturated rings. The highest BCUT2D eigenvalue weighted by Gasteiger charge is 2.31. The second kappa shape index (κ2) is 8.90. The summed E-state index contributed by atoms with van der Waals surface area (Å²) >= 11 is 6.37. The van der Waals surface area contributed by atoms with Crippen LogP contribution in [-0.2, 0) is 10.9 Å². The SMILES string of the molecule is O=C(NCC(c1ccc(C(F)(F)F)cc1)N1CCOCC1)c1[nH]c2ccccc2c1Cl. The first-order valence-corrected chi connectivity index (χ1v) is 10.3. The van der Waals surface area contributed by atoms with Crippen LogP contribution in [0, 0.1) is 0 Å². The van der Waals surface area contributed by atoms with Gasteiger partial charge >= 0.3 is 6.18 Å². The van der Waals surface area contributed by atoms with Gasteiger partial charge in [0.05, 0.1) is 29.8 Å². The Morgan fingerprint density at radius 1 is 1.13 bits per heavy atom. The third-order valence-electron chi connectivity index (χ3n) is 5.43. The number of H-pyrrole nitrogens is 1. The van der Waals surface area contributed by atoms with Crippen LogP contribution in [-0.4, -0.2) is 48.6 Å². The average Bonchev–Trinajstić information content (AvgIpc) is 3.11. The van der Waals surface area contributed by atoms with Crippen molar-refractivity contribution in [2.24, 2.45) is 0 Å². The third-order valence-corrected chi connectivity index (χ3v) is 5.83. The quantitative estimate of drug-likeness (QED) is 0.594. The number of benzene rings is 2. The third kappa shape index (κ3) is 4.71. The van der Waals surface area contributed by atoms with Crippen molar-refractivity contribution in [3.63, 3.8) is 0 Å². The molecule has 0 radical (unpaired) electrons. The number of nitrogens with zero attached hydrogens (tertiary/aromatic N) is 1. The van der Waals surface area contributed by atoms with Gasteiger partial charge in [0, 0.05) is 30.5 Å². The molecule has 4 rings (SSSR count). The van der Waals surface area contributed by atoms with Crippen molar-refractivity contribution in [1.82, 2.24) is 15.2 Å². The zero-order chi connectivity index (χ0) is 22.0. The number of carbonyl (C=O) groups is 1. The maximum Gasteiger partial charge on any atom is 0.416 e. The Hall–Kier alpha value is -2.55. The molecule has 2 aromatic carbocycles. The highest BCUT2D eigenvalue weighted by molar-refractivity contribution is 6.38. The Bertz CT molecular complexity index is 1060. The van der Waals surface area contributed by atoms with Gasteiger partial charge in [-0.3, -0.25) is 9.69 Å². The molecule has 31 heavy (non-hydrogen) atoms. The van der Waals surface area contributed by atoms with E-state index in [0.29, 0.717) is 36.9 Å². The minimum atomic E-state index is -4.40. The maximum atomic E-state index is 12.9. The number of aromatic nitrogens is 1. The molecular weight excluding hydrogens is 431 g/mol. The van der Waals surface area contributed by atoms with Gasteiger partial charge in [-0.2, -0.15) is 13.2 Å². The van der Waals surface area contributed by atoms with Gasteiger partial charge < -0.3 is 15.0 Å². The van der Waals surface area contributed by atoms with Gasteiger partial charge in [0.25, 0.3) is 5.91 Å². The molecule has 3 aromatic rings. The number of ether oxygens (including phenoxy) is 1. The predicted octanol–water partition coefficient (Wildman–Crippen LogP) is 4.64. The number of aromatic amines is 1. The second-order valence-electron chi connectivity index (χ2n) is 7.35. The van der Waals surface area contributed by atoms with Crippen LogP contribution in [0.15, 0.2) is 48.5 Å². The number of halogens is 4. The van der Waals surface area contributed by atoms with Crippen LogP contribution in [0.1, 0.15) is 27.7 Å². The molecule has 1 atom stereocenters. The van der Waals surface area contributed by atoms with Crippen LogP contribution >= 0.6 is 11.6 Å². The largest absolute Gasteiger partial charge is 0.416 e. The summed E-state index contributed by atoms with van der Waals surface area (Å²) in [6.45, 7) is 2.51. The van der Waals surface area contributed by atoms with Crippen LogP contribution in [0.5, 0.6) is 0 Å². The highest BCUT2D eigenvalue weighted by Crippen LogP contribution is 2.31. The first-order valence-electron chi connectivity index (χ1n) is 9.88. The monoisotopic (exact) mass is 451 g/mol. The number of rotatable bonds is 5. The topological polar surface area (TPSA) is 57.4 Å². The van der Waals surface area contributed by atoms with E-state index in [-0.39, 0.29) is 24.2 Å². The van der Waals surface area contributed by atoms with E-state index in [4.69, 9.17) is 16.3 Å². The van der Waals surface area contributed by atoms with E-state index >= 15 is 0 Å². The molecule has 5 nitrogen and oxygen atoms in total. The summed E-state index contributed by atoms with van der Waals surface area (Å²) in [5, 5.41) is 3.97. The minimum absolute atomic E-state index is 0.218. The van der Waals surface area contributed by atoms with Gasteiger partial charge in [0.1, 0.15) is 5.69 Å². The van der Waals surface area contributed by atoms with Crippen molar-refractivity contribution in [1.29, 1.82) is 0 Å². The Balaban J connectivity index is 1.54. The number of alkyl halides is 3. The molecule has 2 heterocycles. The summed E-state index contributed by atoms with van der Waals surface area (Å²) in [4.78, 5) is 17.9. The van der Waals surface area contributed by atoms with E-state index in [1.165, 1.54) is 12.1 Å². The summed E-state index contributed by atoms with van der Waals surface area (Å²) in [7, 11) is 0. The summed E-state index contributed by atoms with van der Waals surface area (Å²) in [5.41, 5.74) is 1.00. The molecule has 0 saturated carbocycles. The fourth-order valence-corrected chi connectivity index (χ4v) is 4.08. The number of amides is 1. The van der Waals surface area contributed by atoms with E-state index in [0.717, 1.165) is 23.0 Å². The summed E-state index contributed by atoms with van der Waals surface area (Å²) in [6, 6.07) is 12.1. The van der Waals surface area contributed by atoms with E-state index < -0.39 is 11.7 Å². The lowest BCUT2D eigenvalue weighted by Crippen LogP contribution is -2.43. The number of fused-ring (bicyclic) bond motifs is 1. The molecule has 0 bridgehead atoms. The molecule has 164 valence electrons. The van der Waals surface area contributed by atoms with E-state index in [1.807, 2.05) is 24.3 Å². The standard InChI is InChI=1S/C22H21ClF3N3O2/c23-19-16-3-1-2-4-17(16)28-20(19)21(30)27-13-18(29-9-11-31-12-10-29)14-5-7-15(8-6-14)22(24,25)26/h1-8,18,28H,9-13H2,(H,27,30).